The standard InChI is InChI=1S/C19H25N5O2S2/c1-3-4-9-23-17(26)16-14(8-11-27-16)24-18(23)20-21-19(24)28-12-15(25)22-10-6-5-7-13(22)2/h8,11,13H,3-7,9-10,12H2,1-2H3/t13-/m0/s1. The number of thioether (sulfide) groups is 1. The zero-order valence-corrected chi connectivity index (χ0v) is 17.9. The average Bonchev–Trinajstić information content (AvgIpc) is 3.33. The Balaban J connectivity index is 1.66. The maximum atomic E-state index is 12.9. The summed E-state index contributed by atoms with van der Waals surface area (Å²) in [6.07, 6.45) is 5.25. The first kappa shape index (κ1) is 19.4. The number of hydrogen-bond donors (Lipinski definition) is 0. The third-order valence-corrected chi connectivity index (χ3v) is 7.17. The highest BCUT2D eigenvalue weighted by Gasteiger charge is 2.24. The van der Waals surface area contributed by atoms with Gasteiger partial charge in [0.05, 0.1) is 11.3 Å². The number of aryl methyl sites for hydroxylation is 1. The molecule has 0 N–H and O–H groups in total. The summed E-state index contributed by atoms with van der Waals surface area (Å²) in [6.45, 7) is 5.69. The fourth-order valence-corrected chi connectivity index (χ4v) is 5.44. The number of rotatable bonds is 6. The van der Waals surface area contributed by atoms with Crippen LogP contribution in [0.2, 0.25) is 0 Å². The maximum Gasteiger partial charge on any atom is 0.272 e. The number of amides is 1. The summed E-state index contributed by atoms with van der Waals surface area (Å²) in [5, 5.41) is 11.2. The van der Waals surface area contributed by atoms with Gasteiger partial charge in [-0.25, -0.2) is 0 Å². The molecule has 1 amide bonds. The number of aromatic nitrogens is 4. The average molecular weight is 420 g/mol. The van der Waals surface area contributed by atoms with Crippen LogP contribution in [0.3, 0.4) is 0 Å². The van der Waals surface area contributed by atoms with Gasteiger partial charge in [0, 0.05) is 19.1 Å². The predicted molar refractivity (Wildman–Crippen MR) is 113 cm³/mol. The number of carbonyl (C=O) groups excluding carboxylic acids is 1. The first-order chi connectivity index (χ1) is 13.6. The summed E-state index contributed by atoms with van der Waals surface area (Å²) in [6, 6.07) is 2.24. The van der Waals surface area contributed by atoms with Gasteiger partial charge in [-0.15, -0.1) is 21.5 Å². The van der Waals surface area contributed by atoms with Crippen LogP contribution in [0.25, 0.3) is 16.0 Å². The zero-order valence-electron chi connectivity index (χ0n) is 16.3. The van der Waals surface area contributed by atoms with Gasteiger partial charge < -0.3 is 4.90 Å². The molecule has 1 aliphatic rings. The highest BCUT2D eigenvalue weighted by molar-refractivity contribution is 7.99. The van der Waals surface area contributed by atoms with Crippen molar-refractivity contribution in [3.63, 3.8) is 0 Å². The number of hydrogen-bond acceptors (Lipinski definition) is 6. The molecule has 7 nitrogen and oxygen atoms in total. The van der Waals surface area contributed by atoms with Gasteiger partial charge in [-0.3, -0.25) is 18.6 Å². The number of nitrogens with zero attached hydrogens (tertiary/aromatic N) is 5. The summed E-state index contributed by atoms with van der Waals surface area (Å²) >= 11 is 2.85. The van der Waals surface area contributed by atoms with Crippen LogP contribution < -0.4 is 5.56 Å². The summed E-state index contributed by atoms with van der Waals surface area (Å²) in [4.78, 5) is 27.5. The van der Waals surface area contributed by atoms with E-state index in [1.54, 1.807) is 4.57 Å². The number of carbonyl (C=O) groups is 1. The Morgan fingerprint density at radius 3 is 3.00 bits per heavy atom. The van der Waals surface area contributed by atoms with Gasteiger partial charge in [-0.1, -0.05) is 25.1 Å². The van der Waals surface area contributed by atoms with Crippen LogP contribution in [0, 0.1) is 0 Å². The molecule has 4 rings (SSSR count). The lowest BCUT2D eigenvalue weighted by Crippen LogP contribution is -2.42. The van der Waals surface area contributed by atoms with Crippen LogP contribution in [0.15, 0.2) is 21.4 Å². The first-order valence-electron chi connectivity index (χ1n) is 9.89. The van der Waals surface area contributed by atoms with Gasteiger partial charge in [0.25, 0.3) is 5.56 Å². The van der Waals surface area contributed by atoms with Crippen molar-refractivity contribution < 1.29 is 4.79 Å². The van der Waals surface area contributed by atoms with E-state index in [0.29, 0.717) is 34.0 Å². The molecule has 1 fully saturated rings. The molecule has 0 saturated carbocycles. The van der Waals surface area contributed by atoms with E-state index in [1.807, 2.05) is 20.7 Å². The van der Waals surface area contributed by atoms with Crippen molar-refractivity contribution in [2.45, 2.75) is 63.7 Å². The van der Waals surface area contributed by atoms with E-state index in [1.165, 1.54) is 29.5 Å². The van der Waals surface area contributed by atoms with Gasteiger partial charge in [0.1, 0.15) is 4.70 Å². The summed E-state index contributed by atoms with van der Waals surface area (Å²) in [5.41, 5.74) is 0.817. The van der Waals surface area contributed by atoms with E-state index in [2.05, 4.69) is 24.0 Å². The quantitative estimate of drug-likeness (QED) is 0.573. The van der Waals surface area contributed by atoms with Crippen molar-refractivity contribution in [2.75, 3.05) is 12.3 Å². The van der Waals surface area contributed by atoms with E-state index in [4.69, 9.17) is 0 Å². The normalized spacial score (nSPS) is 17.6. The Morgan fingerprint density at radius 2 is 2.21 bits per heavy atom. The van der Waals surface area contributed by atoms with Gasteiger partial charge in [0.15, 0.2) is 5.16 Å². The lowest BCUT2D eigenvalue weighted by Gasteiger charge is -2.33. The Hall–Kier alpha value is -1.87. The van der Waals surface area contributed by atoms with E-state index in [-0.39, 0.29) is 11.5 Å². The topological polar surface area (TPSA) is 72.5 Å². The maximum absolute atomic E-state index is 12.9. The van der Waals surface area contributed by atoms with Crippen LogP contribution in [0.4, 0.5) is 0 Å². The zero-order chi connectivity index (χ0) is 19.7. The molecule has 4 heterocycles. The molecule has 28 heavy (non-hydrogen) atoms. The van der Waals surface area contributed by atoms with Crippen molar-refractivity contribution in [3.05, 3.63) is 21.8 Å². The molecule has 1 atom stereocenters. The van der Waals surface area contributed by atoms with E-state index in [9.17, 15) is 9.59 Å². The molecule has 0 spiro atoms. The number of thiophene rings is 1. The second kappa shape index (κ2) is 8.24. The van der Waals surface area contributed by atoms with Crippen LogP contribution in [-0.2, 0) is 11.3 Å². The number of fused-ring (bicyclic) bond motifs is 3. The van der Waals surface area contributed by atoms with Crippen molar-refractivity contribution in [3.8, 4) is 0 Å². The highest BCUT2D eigenvalue weighted by atomic mass is 32.2. The largest absolute Gasteiger partial charge is 0.339 e. The minimum absolute atomic E-state index is 0.00637. The SMILES string of the molecule is CCCCn1c(=O)c2sccc2n2c(SCC(=O)N3CCCC[C@@H]3C)nnc12. The van der Waals surface area contributed by atoms with Gasteiger partial charge in [-0.05, 0) is 44.1 Å². The first-order valence-corrected chi connectivity index (χ1v) is 11.8. The Bertz CT molecular complexity index is 1050. The fourth-order valence-electron chi connectivity index (χ4n) is 3.79. The van der Waals surface area contributed by atoms with Crippen LogP contribution in [0.5, 0.6) is 0 Å². The smallest absolute Gasteiger partial charge is 0.272 e. The lowest BCUT2D eigenvalue weighted by atomic mass is 10.0. The molecule has 0 radical (unpaired) electrons. The Labute approximate surface area is 171 Å². The molecule has 3 aromatic heterocycles. The molecule has 9 heteroatoms. The minimum atomic E-state index is -0.00637. The number of likely N-dealkylation sites (tertiary alicyclic amines) is 1. The van der Waals surface area contributed by atoms with Gasteiger partial charge in [-0.2, -0.15) is 0 Å². The number of unbranched alkanes of at least 4 members (excludes halogenated alkanes) is 1. The van der Waals surface area contributed by atoms with Crippen molar-refractivity contribution in [2.24, 2.45) is 0 Å². The lowest BCUT2D eigenvalue weighted by molar-refractivity contribution is -0.131. The molecule has 1 aliphatic heterocycles. The molecule has 150 valence electrons. The molecular formula is C19H25N5O2S2. The van der Waals surface area contributed by atoms with Crippen molar-refractivity contribution in [1.82, 2.24) is 24.1 Å². The third-order valence-electron chi connectivity index (χ3n) is 5.37. The Morgan fingerprint density at radius 1 is 1.36 bits per heavy atom. The van der Waals surface area contributed by atoms with E-state index in [0.717, 1.165) is 37.7 Å². The molecule has 0 aliphatic carbocycles. The van der Waals surface area contributed by atoms with Crippen molar-refractivity contribution >= 4 is 45.0 Å². The van der Waals surface area contributed by atoms with Crippen molar-refractivity contribution in [1.29, 1.82) is 0 Å². The van der Waals surface area contributed by atoms with Crippen LogP contribution in [0.1, 0.15) is 46.0 Å². The molecule has 0 bridgehead atoms. The molecule has 0 aromatic carbocycles. The Kier molecular flexibility index (Phi) is 5.73. The van der Waals surface area contributed by atoms with Gasteiger partial charge in [0.2, 0.25) is 11.7 Å². The minimum Gasteiger partial charge on any atom is -0.339 e. The summed E-state index contributed by atoms with van der Waals surface area (Å²) in [7, 11) is 0. The predicted octanol–water partition coefficient (Wildman–Crippen LogP) is 3.40. The van der Waals surface area contributed by atoms with E-state index < -0.39 is 0 Å². The van der Waals surface area contributed by atoms with E-state index >= 15 is 0 Å². The number of piperidine rings is 1. The van der Waals surface area contributed by atoms with Crippen LogP contribution in [-0.4, -0.2) is 48.3 Å². The summed E-state index contributed by atoms with van der Waals surface area (Å²) < 4.78 is 4.36. The summed E-state index contributed by atoms with van der Waals surface area (Å²) in [5.74, 6) is 1.05. The molecule has 3 aromatic rings. The second-order valence-electron chi connectivity index (χ2n) is 7.28. The monoisotopic (exact) mass is 419 g/mol. The second-order valence-corrected chi connectivity index (χ2v) is 9.14. The highest BCUT2D eigenvalue weighted by Crippen LogP contribution is 2.25. The molecule has 1 saturated heterocycles. The molecule has 0 unspecified atom stereocenters. The third kappa shape index (κ3) is 3.45. The molecular weight excluding hydrogens is 394 g/mol. The van der Waals surface area contributed by atoms with Gasteiger partial charge >= 0.3 is 0 Å². The van der Waals surface area contributed by atoms with Crippen LogP contribution >= 0.6 is 23.1 Å². The fraction of sp³-hybridized carbons (Fsp3) is 0.579.